The summed E-state index contributed by atoms with van der Waals surface area (Å²) in [4.78, 5) is 18.9. The number of likely N-dealkylation sites (tertiary alicyclic amines) is 1. The van der Waals surface area contributed by atoms with Gasteiger partial charge in [-0.15, -0.1) is 0 Å². The van der Waals surface area contributed by atoms with Crippen LogP contribution in [0.25, 0.3) is 0 Å². The number of ether oxygens (including phenoxy) is 1. The van der Waals surface area contributed by atoms with Gasteiger partial charge < -0.3 is 24.8 Å². The molecule has 1 atom stereocenters. The zero-order chi connectivity index (χ0) is 20.7. The molecule has 28 heavy (non-hydrogen) atoms. The van der Waals surface area contributed by atoms with Crippen LogP contribution in [-0.4, -0.2) is 59.9 Å². The highest BCUT2D eigenvalue weighted by Crippen LogP contribution is 2.15. The SMILES string of the molecule is CCNC(=NCCCc1c(C)noc1C)N1CC[C@@H](NC(=O)OC(C)(C)C)C1. The van der Waals surface area contributed by atoms with Crippen molar-refractivity contribution in [2.24, 2.45) is 4.99 Å². The van der Waals surface area contributed by atoms with E-state index in [2.05, 4.69) is 27.6 Å². The Morgan fingerprint density at radius 2 is 2.14 bits per heavy atom. The zero-order valence-electron chi connectivity index (χ0n) is 18.1. The molecule has 1 fully saturated rings. The first-order valence-electron chi connectivity index (χ1n) is 10.1. The summed E-state index contributed by atoms with van der Waals surface area (Å²) < 4.78 is 10.6. The number of aliphatic imine (C=N–C) groups is 1. The number of nitrogens with one attached hydrogen (secondary N) is 2. The van der Waals surface area contributed by atoms with Gasteiger partial charge in [-0.2, -0.15) is 0 Å². The van der Waals surface area contributed by atoms with Gasteiger partial charge in [-0.1, -0.05) is 5.16 Å². The molecule has 8 heteroatoms. The molecule has 1 saturated heterocycles. The first-order chi connectivity index (χ1) is 13.2. The average molecular weight is 394 g/mol. The highest BCUT2D eigenvalue weighted by molar-refractivity contribution is 5.80. The van der Waals surface area contributed by atoms with E-state index in [4.69, 9.17) is 14.3 Å². The molecule has 0 unspecified atom stereocenters. The van der Waals surface area contributed by atoms with Gasteiger partial charge in [0, 0.05) is 31.7 Å². The lowest BCUT2D eigenvalue weighted by Crippen LogP contribution is -2.44. The fraction of sp³-hybridized carbons (Fsp3) is 0.750. The van der Waals surface area contributed by atoms with E-state index in [0.717, 1.165) is 62.9 Å². The van der Waals surface area contributed by atoms with Crippen molar-refractivity contribution in [3.63, 3.8) is 0 Å². The van der Waals surface area contributed by atoms with Crippen molar-refractivity contribution in [2.45, 2.75) is 72.4 Å². The van der Waals surface area contributed by atoms with Gasteiger partial charge in [0.1, 0.15) is 11.4 Å². The molecule has 1 aliphatic heterocycles. The van der Waals surface area contributed by atoms with Gasteiger partial charge in [0.05, 0.1) is 11.7 Å². The van der Waals surface area contributed by atoms with E-state index < -0.39 is 5.60 Å². The summed E-state index contributed by atoms with van der Waals surface area (Å²) in [6.45, 7) is 14.7. The average Bonchev–Trinajstić information content (AvgIpc) is 3.16. The van der Waals surface area contributed by atoms with Gasteiger partial charge >= 0.3 is 6.09 Å². The third kappa shape index (κ3) is 6.73. The van der Waals surface area contributed by atoms with Crippen molar-refractivity contribution in [1.82, 2.24) is 20.7 Å². The highest BCUT2D eigenvalue weighted by Gasteiger charge is 2.27. The summed E-state index contributed by atoms with van der Waals surface area (Å²) in [5.74, 6) is 1.79. The maximum atomic E-state index is 12.0. The zero-order valence-corrected chi connectivity index (χ0v) is 18.1. The van der Waals surface area contributed by atoms with Crippen LogP contribution in [0, 0.1) is 13.8 Å². The minimum atomic E-state index is -0.486. The molecule has 2 heterocycles. The van der Waals surface area contributed by atoms with Gasteiger partial charge in [0.25, 0.3) is 0 Å². The highest BCUT2D eigenvalue weighted by atomic mass is 16.6. The van der Waals surface area contributed by atoms with Crippen molar-refractivity contribution in [3.05, 3.63) is 17.0 Å². The van der Waals surface area contributed by atoms with Crippen LogP contribution in [0.3, 0.4) is 0 Å². The molecular formula is C20H35N5O3. The number of aryl methyl sites for hydroxylation is 2. The van der Waals surface area contributed by atoms with Crippen molar-refractivity contribution < 1.29 is 14.1 Å². The van der Waals surface area contributed by atoms with Gasteiger partial charge in [-0.25, -0.2) is 4.79 Å². The third-order valence-corrected chi connectivity index (χ3v) is 4.57. The van der Waals surface area contributed by atoms with Crippen molar-refractivity contribution in [2.75, 3.05) is 26.2 Å². The Bertz CT molecular complexity index is 658. The van der Waals surface area contributed by atoms with Crippen LogP contribution in [0.2, 0.25) is 0 Å². The molecule has 0 saturated carbocycles. The predicted molar refractivity (Wildman–Crippen MR) is 110 cm³/mol. The van der Waals surface area contributed by atoms with Crippen LogP contribution in [0.5, 0.6) is 0 Å². The van der Waals surface area contributed by atoms with E-state index >= 15 is 0 Å². The van der Waals surface area contributed by atoms with E-state index in [0.29, 0.717) is 0 Å². The summed E-state index contributed by atoms with van der Waals surface area (Å²) in [5.41, 5.74) is 1.66. The molecule has 2 N–H and O–H groups in total. The number of hydrogen-bond acceptors (Lipinski definition) is 5. The largest absolute Gasteiger partial charge is 0.444 e. The van der Waals surface area contributed by atoms with Crippen molar-refractivity contribution in [3.8, 4) is 0 Å². The predicted octanol–water partition coefficient (Wildman–Crippen LogP) is 2.79. The summed E-state index contributed by atoms with van der Waals surface area (Å²) >= 11 is 0. The standard InChI is InChI=1S/C20H35N5O3/c1-7-21-18(22-11-8-9-17-14(2)24-28-15(17)3)25-12-10-16(13-25)23-19(26)27-20(4,5)6/h16H,7-13H2,1-6H3,(H,21,22)(H,23,26)/t16-/m1/s1. The Morgan fingerprint density at radius 3 is 2.75 bits per heavy atom. The molecule has 0 spiro atoms. The Balaban J connectivity index is 1.84. The Morgan fingerprint density at radius 1 is 1.39 bits per heavy atom. The van der Waals surface area contributed by atoms with Gasteiger partial charge in [0.2, 0.25) is 0 Å². The second kappa shape index (κ2) is 9.80. The summed E-state index contributed by atoms with van der Waals surface area (Å²) in [7, 11) is 0. The normalized spacial score (nSPS) is 17.7. The third-order valence-electron chi connectivity index (χ3n) is 4.57. The molecule has 0 bridgehead atoms. The van der Waals surface area contributed by atoms with Crippen molar-refractivity contribution in [1.29, 1.82) is 0 Å². The first-order valence-corrected chi connectivity index (χ1v) is 10.1. The van der Waals surface area contributed by atoms with Crippen LogP contribution in [0.4, 0.5) is 4.79 Å². The minimum absolute atomic E-state index is 0.0704. The lowest BCUT2D eigenvalue weighted by Gasteiger charge is -2.23. The molecule has 0 aromatic carbocycles. The van der Waals surface area contributed by atoms with Gasteiger partial charge in [-0.3, -0.25) is 4.99 Å². The number of amides is 1. The monoisotopic (exact) mass is 393 g/mol. The van der Waals surface area contributed by atoms with Crippen LogP contribution >= 0.6 is 0 Å². The second-order valence-corrected chi connectivity index (χ2v) is 8.22. The van der Waals surface area contributed by atoms with Crippen LogP contribution in [0.1, 0.15) is 57.6 Å². The smallest absolute Gasteiger partial charge is 0.407 e. The molecule has 1 aliphatic rings. The molecule has 8 nitrogen and oxygen atoms in total. The number of hydrogen-bond donors (Lipinski definition) is 2. The van der Waals surface area contributed by atoms with E-state index in [1.165, 1.54) is 5.56 Å². The number of carbonyl (C=O) groups is 1. The maximum Gasteiger partial charge on any atom is 0.407 e. The Labute approximate surface area is 168 Å². The van der Waals surface area contributed by atoms with Gasteiger partial charge in [-0.05, 0) is 60.8 Å². The number of guanidine groups is 1. The molecule has 0 aliphatic carbocycles. The molecular weight excluding hydrogens is 358 g/mol. The van der Waals surface area contributed by atoms with Crippen molar-refractivity contribution >= 4 is 12.1 Å². The fourth-order valence-corrected chi connectivity index (χ4v) is 3.27. The number of rotatable bonds is 6. The van der Waals surface area contributed by atoms with Gasteiger partial charge in [0.15, 0.2) is 5.96 Å². The molecule has 1 aromatic rings. The number of nitrogens with zero attached hydrogens (tertiary/aromatic N) is 3. The second-order valence-electron chi connectivity index (χ2n) is 8.22. The Hall–Kier alpha value is -2.25. The van der Waals surface area contributed by atoms with E-state index in [1.807, 2.05) is 34.6 Å². The van der Waals surface area contributed by atoms with Crippen LogP contribution in [0.15, 0.2) is 9.52 Å². The van der Waals surface area contributed by atoms with Crippen LogP contribution < -0.4 is 10.6 Å². The number of alkyl carbamates (subject to hydrolysis) is 1. The summed E-state index contributed by atoms with van der Waals surface area (Å²) in [6, 6.07) is 0.0704. The summed E-state index contributed by atoms with van der Waals surface area (Å²) in [6.07, 6.45) is 2.36. The van der Waals surface area contributed by atoms with E-state index in [-0.39, 0.29) is 12.1 Å². The Kier molecular flexibility index (Phi) is 7.71. The number of carbonyl (C=O) groups excluding carboxylic acids is 1. The topological polar surface area (TPSA) is 92.0 Å². The molecule has 158 valence electrons. The quantitative estimate of drug-likeness (QED) is 0.439. The van der Waals surface area contributed by atoms with E-state index in [9.17, 15) is 4.79 Å². The lowest BCUT2D eigenvalue weighted by atomic mass is 10.1. The molecule has 1 amide bonds. The fourth-order valence-electron chi connectivity index (χ4n) is 3.27. The maximum absolute atomic E-state index is 12.0. The molecule has 1 aromatic heterocycles. The van der Waals surface area contributed by atoms with Crippen LogP contribution in [-0.2, 0) is 11.2 Å². The molecule has 0 radical (unpaired) electrons. The lowest BCUT2D eigenvalue weighted by molar-refractivity contribution is 0.0507. The van der Waals surface area contributed by atoms with E-state index in [1.54, 1.807) is 0 Å². The summed E-state index contributed by atoms with van der Waals surface area (Å²) in [5, 5.41) is 10.3. The number of aromatic nitrogens is 1. The molecule has 2 rings (SSSR count). The first kappa shape index (κ1) is 22.0. The minimum Gasteiger partial charge on any atom is -0.444 e.